The molecule has 0 spiro atoms. The largest absolute Gasteiger partial charge is 0.471 e. The van der Waals surface area contributed by atoms with Gasteiger partial charge in [0.15, 0.2) is 0 Å². The lowest BCUT2D eigenvalue weighted by Crippen LogP contribution is -2.06. The van der Waals surface area contributed by atoms with Gasteiger partial charge in [-0.15, -0.1) is 0 Å². The van der Waals surface area contributed by atoms with Gasteiger partial charge in [0.05, 0.1) is 7.11 Å². The minimum Gasteiger partial charge on any atom is -0.471 e. The molecule has 0 heterocycles. The highest BCUT2D eigenvalue weighted by molar-refractivity contribution is 5.53. The summed E-state index contributed by atoms with van der Waals surface area (Å²) in [7, 11) is 1.31. The molecule has 0 amide bonds. The van der Waals surface area contributed by atoms with Crippen LogP contribution in [-0.4, -0.2) is 19.9 Å². The lowest BCUT2D eigenvalue weighted by molar-refractivity contribution is -0.126. The van der Waals surface area contributed by atoms with Crippen molar-refractivity contribution < 1.29 is 14.3 Å². The standard InChI is InChI=1S/C7H12O.C2H4O2/c8-6-7-4-2-1-3-5-7;1-4-2-3/h6-7H,1-5H2;2H,1H3. The summed E-state index contributed by atoms with van der Waals surface area (Å²) < 4.78 is 3.86. The molecule has 0 N–H and O–H groups in total. The van der Waals surface area contributed by atoms with E-state index in [2.05, 4.69) is 4.74 Å². The Balaban J connectivity index is 0.000000261. The Morgan fingerprint density at radius 1 is 1.17 bits per heavy atom. The Kier molecular flexibility index (Phi) is 7.65. The van der Waals surface area contributed by atoms with Crippen molar-refractivity contribution in [3.05, 3.63) is 0 Å². The van der Waals surface area contributed by atoms with Gasteiger partial charge in [0.25, 0.3) is 6.47 Å². The molecule has 70 valence electrons. The molecule has 0 aliphatic heterocycles. The van der Waals surface area contributed by atoms with Gasteiger partial charge in [-0.05, 0) is 12.8 Å². The Morgan fingerprint density at radius 2 is 1.67 bits per heavy atom. The second-order valence-electron chi connectivity index (χ2n) is 2.87. The fourth-order valence-electron chi connectivity index (χ4n) is 1.27. The van der Waals surface area contributed by atoms with Crippen molar-refractivity contribution in [2.75, 3.05) is 7.11 Å². The molecular weight excluding hydrogens is 156 g/mol. The van der Waals surface area contributed by atoms with Crippen LogP contribution < -0.4 is 0 Å². The summed E-state index contributed by atoms with van der Waals surface area (Å²) >= 11 is 0. The molecule has 1 aliphatic carbocycles. The fraction of sp³-hybridized carbons (Fsp3) is 0.778. The lowest BCUT2D eigenvalue weighted by Gasteiger charge is -2.14. The van der Waals surface area contributed by atoms with E-state index in [9.17, 15) is 4.79 Å². The van der Waals surface area contributed by atoms with Crippen molar-refractivity contribution in [2.24, 2.45) is 5.92 Å². The zero-order valence-electron chi connectivity index (χ0n) is 7.49. The normalized spacial score (nSPS) is 17.1. The SMILES string of the molecule is COC=O.O=CC1CCCCC1. The molecule has 0 bridgehead atoms. The van der Waals surface area contributed by atoms with E-state index in [4.69, 9.17) is 4.79 Å². The molecule has 0 radical (unpaired) electrons. The van der Waals surface area contributed by atoms with E-state index in [0.717, 1.165) is 19.1 Å². The van der Waals surface area contributed by atoms with E-state index in [0.29, 0.717) is 12.4 Å². The van der Waals surface area contributed by atoms with Gasteiger partial charge in [0.2, 0.25) is 0 Å². The van der Waals surface area contributed by atoms with Gasteiger partial charge in [-0.1, -0.05) is 19.3 Å². The summed E-state index contributed by atoms with van der Waals surface area (Å²) in [5, 5.41) is 0. The van der Waals surface area contributed by atoms with Gasteiger partial charge in [0, 0.05) is 5.92 Å². The van der Waals surface area contributed by atoms with Crippen LogP contribution in [0.15, 0.2) is 0 Å². The van der Waals surface area contributed by atoms with Gasteiger partial charge >= 0.3 is 0 Å². The summed E-state index contributed by atoms with van der Waals surface area (Å²) in [6.07, 6.45) is 7.27. The maximum absolute atomic E-state index is 10.2. The van der Waals surface area contributed by atoms with Crippen LogP contribution >= 0.6 is 0 Å². The molecule has 0 aromatic carbocycles. The third-order valence-corrected chi connectivity index (χ3v) is 1.94. The zero-order chi connectivity index (χ0) is 9.23. The van der Waals surface area contributed by atoms with Crippen LogP contribution in [0.1, 0.15) is 32.1 Å². The Hall–Kier alpha value is -0.860. The minimum absolute atomic E-state index is 0.375. The van der Waals surface area contributed by atoms with Crippen molar-refractivity contribution in [2.45, 2.75) is 32.1 Å². The predicted molar refractivity (Wildman–Crippen MR) is 45.7 cm³/mol. The van der Waals surface area contributed by atoms with Crippen molar-refractivity contribution >= 4 is 12.8 Å². The maximum atomic E-state index is 10.2. The number of carbonyl (C=O) groups is 2. The molecule has 12 heavy (non-hydrogen) atoms. The topological polar surface area (TPSA) is 43.4 Å². The first-order chi connectivity index (χ1) is 5.85. The molecule has 1 saturated carbocycles. The minimum atomic E-state index is 0.375. The number of methoxy groups -OCH3 is 1. The molecule has 1 rings (SSSR count). The van der Waals surface area contributed by atoms with Crippen LogP contribution in [0.2, 0.25) is 0 Å². The number of hydrogen-bond donors (Lipinski definition) is 0. The van der Waals surface area contributed by atoms with Crippen LogP contribution in [0.3, 0.4) is 0 Å². The van der Waals surface area contributed by atoms with Crippen LogP contribution in [0.5, 0.6) is 0 Å². The maximum Gasteiger partial charge on any atom is 0.292 e. The van der Waals surface area contributed by atoms with E-state index in [1.807, 2.05) is 0 Å². The molecule has 1 fully saturated rings. The molecule has 0 unspecified atom stereocenters. The van der Waals surface area contributed by atoms with Crippen molar-refractivity contribution in [1.82, 2.24) is 0 Å². The Labute approximate surface area is 73.1 Å². The molecule has 0 aromatic heterocycles. The summed E-state index contributed by atoms with van der Waals surface area (Å²) in [5.74, 6) is 0.406. The Morgan fingerprint density at radius 3 is 1.92 bits per heavy atom. The first-order valence-corrected chi connectivity index (χ1v) is 4.27. The molecule has 3 nitrogen and oxygen atoms in total. The summed E-state index contributed by atoms with van der Waals surface area (Å²) in [6.45, 7) is 0.375. The molecule has 1 aliphatic rings. The smallest absolute Gasteiger partial charge is 0.292 e. The number of rotatable bonds is 2. The highest BCUT2D eigenvalue weighted by Crippen LogP contribution is 2.21. The van der Waals surface area contributed by atoms with E-state index >= 15 is 0 Å². The molecule has 0 saturated heterocycles. The number of aldehydes is 1. The number of ether oxygens (including phenoxy) is 1. The second kappa shape index (κ2) is 8.24. The number of carbonyl (C=O) groups excluding carboxylic acids is 2. The second-order valence-corrected chi connectivity index (χ2v) is 2.87. The molecule has 0 atom stereocenters. The Bertz CT molecular complexity index is 117. The first-order valence-electron chi connectivity index (χ1n) is 4.27. The fourth-order valence-corrected chi connectivity index (χ4v) is 1.27. The van der Waals surface area contributed by atoms with Crippen molar-refractivity contribution in [1.29, 1.82) is 0 Å². The summed E-state index contributed by atoms with van der Waals surface area (Å²) in [4.78, 5) is 19.1. The highest BCUT2D eigenvalue weighted by Gasteiger charge is 2.10. The van der Waals surface area contributed by atoms with Crippen LogP contribution in [0.25, 0.3) is 0 Å². The molecule has 3 heteroatoms. The van der Waals surface area contributed by atoms with E-state index in [1.165, 1.54) is 26.4 Å². The molecule has 0 aromatic rings. The number of hydrogen-bond acceptors (Lipinski definition) is 3. The quantitative estimate of drug-likeness (QED) is 0.593. The van der Waals surface area contributed by atoms with Gasteiger partial charge in [-0.3, -0.25) is 4.79 Å². The summed E-state index contributed by atoms with van der Waals surface area (Å²) in [6, 6.07) is 0. The average molecular weight is 172 g/mol. The van der Waals surface area contributed by atoms with Gasteiger partial charge in [0.1, 0.15) is 6.29 Å². The monoisotopic (exact) mass is 172 g/mol. The third kappa shape index (κ3) is 5.89. The summed E-state index contributed by atoms with van der Waals surface area (Å²) in [5.41, 5.74) is 0. The van der Waals surface area contributed by atoms with Crippen LogP contribution in [0.4, 0.5) is 0 Å². The van der Waals surface area contributed by atoms with Crippen LogP contribution in [0, 0.1) is 5.92 Å². The third-order valence-electron chi connectivity index (χ3n) is 1.94. The predicted octanol–water partition coefficient (Wildman–Crippen LogP) is 1.55. The highest BCUT2D eigenvalue weighted by atomic mass is 16.5. The molecular formula is C9H16O3. The van der Waals surface area contributed by atoms with Crippen molar-refractivity contribution in [3.63, 3.8) is 0 Å². The van der Waals surface area contributed by atoms with Gasteiger partial charge in [-0.25, -0.2) is 0 Å². The van der Waals surface area contributed by atoms with Gasteiger partial charge < -0.3 is 9.53 Å². The van der Waals surface area contributed by atoms with Gasteiger partial charge in [-0.2, -0.15) is 0 Å². The average Bonchev–Trinajstić information content (AvgIpc) is 2.19. The van der Waals surface area contributed by atoms with Crippen molar-refractivity contribution in [3.8, 4) is 0 Å². The van der Waals surface area contributed by atoms with E-state index < -0.39 is 0 Å². The zero-order valence-corrected chi connectivity index (χ0v) is 7.49. The van der Waals surface area contributed by atoms with E-state index in [-0.39, 0.29) is 0 Å². The van der Waals surface area contributed by atoms with Crippen LogP contribution in [-0.2, 0) is 14.3 Å². The van der Waals surface area contributed by atoms with E-state index in [1.54, 1.807) is 0 Å². The first kappa shape index (κ1) is 11.1. The lowest BCUT2D eigenvalue weighted by atomic mass is 9.91.